The molecule has 1 saturated heterocycles. The van der Waals surface area contributed by atoms with Gasteiger partial charge < -0.3 is 26.3 Å². The molecular formula is C22H23N9O8S3. The number of fused-ring (bicyclic) bond motifs is 1. The molecule has 20 heteroatoms. The van der Waals surface area contributed by atoms with Gasteiger partial charge in [-0.1, -0.05) is 16.9 Å². The monoisotopic (exact) mass is 637 g/mol. The first kappa shape index (κ1) is 30.5. The number of carbonyl (C=O) groups excluding carboxylic acids is 3. The van der Waals surface area contributed by atoms with E-state index in [1.807, 2.05) is 0 Å². The van der Waals surface area contributed by atoms with Crippen molar-refractivity contribution in [3.05, 3.63) is 54.5 Å². The van der Waals surface area contributed by atoms with E-state index >= 15 is 0 Å². The summed E-state index contributed by atoms with van der Waals surface area (Å²) in [4.78, 5) is 83.1. The van der Waals surface area contributed by atoms with E-state index in [0.29, 0.717) is 5.57 Å². The normalized spacial score (nSPS) is 18.5. The highest BCUT2D eigenvalue weighted by molar-refractivity contribution is 8.02. The van der Waals surface area contributed by atoms with Crippen LogP contribution in [0.1, 0.15) is 12.6 Å². The van der Waals surface area contributed by atoms with Crippen LogP contribution in [-0.4, -0.2) is 90.0 Å². The lowest BCUT2D eigenvalue weighted by molar-refractivity contribution is -0.150. The molecule has 3 amide bonds. The second kappa shape index (κ2) is 13.0. The number of rotatable bonds is 11. The third-order valence-electron chi connectivity index (χ3n) is 5.72. The minimum atomic E-state index is -1.35. The van der Waals surface area contributed by atoms with Gasteiger partial charge in [0.25, 0.3) is 11.8 Å². The standard InChI is InChI=1S/C22H23N9O8S3/c1-9(32)24-4-5-30-18(36)16(34)27-28-22(30)40-6-3-10-7-41-19-13(17(35)31(19)14(10)20(37)38)26-15(33)12(29-39-2)11-8-42-21(23)25-11/h3,6,8,13,19H,4-5,7H2,1-2H3,(H2,23,25)(H,24,32)(H,26,33)(H,27,34)(H,37,38)/b6-3+,29-12-. The molecular weight excluding hydrogens is 614 g/mol. The fourth-order valence-electron chi connectivity index (χ4n) is 3.90. The van der Waals surface area contributed by atoms with Crippen molar-refractivity contribution >= 4 is 69.4 Å². The molecule has 0 aromatic carbocycles. The SMILES string of the molecule is CO/N=C(\C(=O)NC1C(=O)N2C(C(=O)O)=C(/C=C/Sc3n[nH]c(=O)c(=O)n3CCNC(C)=O)CSC12)c1csc(N)n1. The summed E-state index contributed by atoms with van der Waals surface area (Å²) >= 11 is 3.25. The molecule has 42 heavy (non-hydrogen) atoms. The number of anilines is 1. The number of carbonyl (C=O) groups is 4. The van der Waals surface area contributed by atoms with Gasteiger partial charge in [0.15, 0.2) is 16.0 Å². The van der Waals surface area contributed by atoms with Crippen molar-refractivity contribution in [3.63, 3.8) is 0 Å². The van der Waals surface area contributed by atoms with E-state index in [-0.39, 0.29) is 52.1 Å². The van der Waals surface area contributed by atoms with Crippen LogP contribution in [0.15, 0.2) is 48.0 Å². The maximum absolute atomic E-state index is 13.0. The topological polar surface area (TPSA) is 244 Å². The Morgan fingerprint density at radius 1 is 1.36 bits per heavy atom. The molecule has 17 nitrogen and oxygen atoms in total. The van der Waals surface area contributed by atoms with Crippen molar-refractivity contribution < 1.29 is 29.1 Å². The van der Waals surface area contributed by atoms with Gasteiger partial charge >= 0.3 is 17.1 Å². The molecule has 1 fully saturated rings. The maximum atomic E-state index is 13.0. The van der Waals surface area contributed by atoms with Gasteiger partial charge in [-0.05, 0) is 17.1 Å². The lowest BCUT2D eigenvalue weighted by Crippen LogP contribution is -2.71. The number of thioether (sulfide) groups is 2. The summed E-state index contributed by atoms with van der Waals surface area (Å²) in [5.74, 6) is -2.87. The summed E-state index contributed by atoms with van der Waals surface area (Å²) in [5.41, 5.74) is 3.82. The highest BCUT2D eigenvalue weighted by Gasteiger charge is 2.54. The first-order valence-corrected chi connectivity index (χ1v) is 14.7. The van der Waals surface area contributed by atoms with Gasteiger partial charge in [0.2, 0.25) is 5.91 Å². The number of oxime groups is 1. The lowest BCUT2D eigenvalue weighted by atomic mass is 10.0. The van der Waals surface area contributed by atoms with Gasteiger partial charge in [0.05, 0.1) is 0 Å². The minimum Gasteiger partial charge on any atom is -0.477 e. The van der Waals surface area contributed by atoms with E-state index in [4.69, 9.17) is 10.6 Å². The average Bonchev–Trinajstić information content (AvgIpc) is 3.38. The molecule has 0 aliphatic carbocycles. The van der Waals surface area contributed by atoms with Gasteiger partial charge in [-0.3, -0.25) is 33.4 Å². The highest BCUT2D eigenvalue weighted by Crippen LogP contribution is 2.41. The van der Waals surface area contributed by atoms with Crippen LogP contribution in [0.2, 0.25) is 0 Å². The summed E-state index contributed by atoms with van der Waals surface area (Å²) in [6.07, 6.45) is 1.46. The van der Waals surface area contributed by atoms with Crippen LogP contribution >= 0.6 is 34.9 Å². The molecule has 0 radical (unpaired) electrons. The molecule has 0 bridgehead atoms. The first-order chi connectivity index (χ1) is 20.0. The third kappa shape index (κ3) is 6.39. The molecule has 6 N–H and O–H groups in total. The van der Waals surface area contributed by atoms with Crippen molar-refractivity contribution in [1.29, 1.82) is 0 Å². The zero-order valence-corrected chi connectivity index (χ0v) is 24.3. The second-order valence-corrected chi connectivity index (χ2v) is 11.3. The molecule has 4 heterocycles. The Labute approximate surface area is 248 Å². The average molecular weight is 638 g/mol. The quantitative estimate of drug-likeness (QED) is 0.0620. The number of thiazole rings is 1. The van der Waals surface area contributed by atoms with Crippen molar-refractivity contribution in [2.75, 3.05) is 25.1 Å². The first-order valence-electron chi connectivity index (χ1n) is 11.8. The number of aromatic amines is 1. The zero-order chi connectivity index (χ0) is 30.6. The van der Waals surface area contributed by atoms with Crippen LogP contribution in [0, 0.1) is 0 Å². The Kier molecular flexibility index (Phi) is 9.48. The summed E-state index contributed by atoms with van der Waals surface area (Å²) in [6, 6.07) is -1.03. The fraction of sp³-hybridized carbons (Fsp3) is 0.318. The van der Waals surface area contributed by atoms with Gasteiger partial charge in [-0.15, -0.1) is 28.2 Å². The zero-order valence-electron chi connectivity index (χ0n) is 21.9. The predicted molar refractivity (Wildman–Crippen MR) is 153 cm³/mol. The number of carboxylic acids is 1. The molecule has 0 saturated carbocycles. The van der Waals surface area contributed by atoms with E-state index < -0.39 is 40.3 Å². The third-order valence-corrected chi connectivity index (χ3v) is 8.50. The van der Waals surface area contributed by atoms with Crippen LogP contribution in [0.4, 0.5) is 5.13 Å². The molecule has 2 aliphatic heterocycles. The Hall–Kier alpha value is -4.43. The number of amides is 3. The number of nitrogen functional groups attached to an aromatic ring is 1. The Balaban J connectivity index is 1.50. The molecule has 2 aromatic heterocycles. The number of aliphatic carboxylic acids is 1. The minimum absolute atomic E-state index is 0.0197. The van der Waals surface area contributed by atoms with E-state index in [2.05, 4.69) is 31.0 Å². The smallest absolute Gasteiger partial charge is 0.352 e. The number of carboxylic acid groups (broad SMARTS) is 1. The molecule has 222 valence electrons. The van der Waals surface area contributed by atoms with Crippen molar-refractivity contribution in [2.24, 2.45) is 5.16 Å². The largest absolute Gasteiger partial charge is 0.477 e. The Morgan fingerprint density at radius 2 is 2.12 bits per heavy atom. The number of nitrogens with two attached hydrogens (primary N) is 1. The number of allylic oxidation sites excluding steroid dienone is 1. The predicted octanol–water partition coefficient (Wildman–Crippen LogP) is -1.50. The van der Waals surface area contributed by atoms with Crippen molar-refractivity contribution in [2.45, 2.75) is 30.0 Å². The number of hydrogen-bond donors (Lipinski definition) is 5. The highest BCUT2D eigenvalue weighted by atomic mass is 32.2. The number of H-pyrrole nitrogens is 1. The van der Waals surface area contributed by atoms with Crippen LogP contribution in [-0.2, 0) is 30.6 Å². The maximum Gasteiger partial charge on any atom is 0.352 e. The van der Waals surface area contributed by atoms with E-state index in [9.17, 15) is 33.9 Å². The lowest BCUT2D eigenvalue weighted by Gasteiger charge is -2.49. The summed E-state index contributed by atoms with van der Waals surface area (Å²) < 4.78 is 1.08. The summed E-state index contributed by atoms with van der Waals surface area (Å²) in [7, 11) is 1.24. The van der Waals surface area contributed by atoms with E-state index in [1.165, 1.54) is 42.7 Å². The summed E-state index contributed by atoms with van der Waals surface area (Å²) in [5, 5.41) is 27.2. The molecule has 0 spiro atoms. The number of nitrogens with one attached hydrogen (secondary N) is 3. The Morgan fingerprint density at radius 3 is 2.76 bits per heavy atom. The Bertz CT molecular complexity index is 1640. The van der Waals surface area contributed by atoms with Crippen LogP contribution in [0.3, 0.4) is 0 Å². The molecule has 2 aliphatic rings. The van der Waals surface area contributed by atoms with Gasteiger partial charge in [0.1, 0.15) is 29.9 Å². The number of aromatic nitrogens is 4. The van der Waals surface area contributed by atoms with Crippen LogP contribution < -0.4 is 27.5 Å². The van der Waals surface area contributed by atoms with E-state index in [1.54, 1.807) is 0 Å². The number of hydrogen-bond acceptors (Lipinski definition) is 14. The van der Waals surface area contributed by atoms with Crippen molar-refractivity contribution in [1.82, 2.24) is 35.3 Å². The van der Waals surface area contributed by atoms with Gasteiger partial charge in [-0.2, -0.15) is 0 Å². The number of nitrogens with zero attached hydrogens (tertiary/aromatic N) is 5. The number of β-lactam (4-membered cyclic amide) rings is 1. The fourth-order valence-corrected chi connectivity index (χ4v) is 6.52. The van der Waals surface area contributed by atoms with E-state index in [0.717, 1.165) is 32.6 Å². The van der Waals surface area contributed by atoms with Crippen LogP contribution in [0.5, 0.6) is 0 Å². The van der Waals surface area contributed by atoms with Gasteiger partial charge in [-0.25, -0.2) is 14.9 Å². The van der Waals surface area contributed by atoms with Crippen molar-refractivity contribution in [3.8, 4) is 0 Å². The van der Waals surface area contributed by atoms with Crippen LogP contribution in [0.25, 0.3) is 0 Å². The molecule has 4 rings (SSSR count). The molecule has 2 unspecified atom stereocenters. The molecule has 2 aromatic rings. The second-order valence-electron chi connectivity index (χ2n) is 8.43. The summed E-state index contributed by atoms with van der Waals surface area (Å²) in [6.45, 7) is 1.37. The molecule has 2 atom stereocenters. The van der Waals surface area contributed by atoms with Gasteiger partial charge in [0, 0.05) is 31.1 Å².